The Hall–Kier alpha value is -1.37. The molecule has 0 saturated carbocycles. The number of hydrogen-bond acceptors (Lipinski definition) is 5. The third-order valence-corrected chi connectivity index (χ3v) is 4.03. The SMILES string of the molecule is COC(=O)C(Br)Cn1ncc(N2CCCCC2)cc1=O. The van der Waals surface area contributed by atoms with Crippen LogP contribution in [-0.4, -0.2) is 40.8 Å². The van der Waals surface area contributed by atoms with E-state index in [4.69, 9.17) is 0 Å². The Morgan fingerprint density at radius 1 is 1.45 bits per heavy atom. The number of methoxy groups -OCH3 is 1. The van der Waals surface area contributed by atoms with E-state index in [9.17, 15) is 9.59 Å². The molecule has 2 heterocycles. The molecule has 1 fully saturated rings. The van der Waals surface area contributed by atoms with E-state index in [-0.39, 0.29) is 12.1 Å². The topological polar surface area (TPSA) is 64.4 Å². The molecular formula is C13H18BrN3O3. The molecule has 1 aromatic heterocycles. The molecule has 1 aliphatic heterocycles. The zero-order valence-electron chi connectivity index (χ0n) is 11.4. The highest BCUT2D eigenvalue weighted by Crippen LogP contribution is 2.17. The van der Waals surface area contributed by atoms with Crippen LogP contribution in [0.2, 0.25) is 0 Å². The van der Waals surface area contributed by atoms with Crippen molar-refractivity contribution in [3.8, 4) is 0 Å². The molecule has 0 amide bonds. The molecule has 6 nitrogen and oxygen atoms in total. The fraction of sp³-hybridized carbons (Fsp3) is 0.615. The number of piperidine rings is 1. The van der Waals surface area contributed by atoms with Gasteiger partial charge in [-0.05, 0) is 19.3 Å². The molecule has 0 aromatic carbocycles. The molecule has 0 N–H and O–H groups in total. The van der Waals surface area contributed by atoms with Crippen LogP contribution >= 0.6 is 15.9 Å². The van der Waals surface area contributed by atoms with Gasteiger partial charge in [0.05, 0.1) is 25.5 Å². The maximum Gasteiger partial charge on any atom is 0.321 e. The van der Waals surface area contributed by atoms with E-state index in [1.54, 1.807) is 12.3 Å². The second-order valence-corrected chi connectivity index (χ2v) is 5.88. The van der Waals surface area contributed by atoms with E-state index in [2.05, 4.69) is 30.7 Å². The number of anilines is 1. The van der Waals surface area contributed by atoms with Gasteiger partial charge in [0.15, 0.2) is 0 Å². The summed E-state index contributed by atoms with van der Waals surface area (Å²) in [6.45, 7) is 2.09. The zero-order valence-corrected chi connectivity index (χ0v) is 13.0. The van der Waals surface area contributed by atoms with Crippen molar-refractivity contribution in [1.29, 1.82) is 0 Å². The Balaban J connectivity index is 2.09. The monoisotopic (exact) mass is 343 g/mol. The van der Waals surface area contributed by atoms with E-state index in [1.807, 2.05) is 0 Å². The minimum atomic E-state index is -0.571. The van der Waals surface area contributed by atoms with E-state index in [1.165, 1.54) is 18.2 Å². The Morgan fingerprint density at radius 3 is 2.75 bits per heavy atom. The Morgan fingerprint density at radius 2 is 2.15 bits per heavy atom. The average Bonchev–Trinajstić information content (AvgIpc) is 2.49. The normalized spacial score (nSPS) is 16.8. The van der Waals surface area contributed by atoms with Gasteiger partial charge in [-0.15, -0.1) is 0 Å². The number of carbonyl (C=O) groups excluding carboxylic acids is 1. The van der Waals surface area contributed by atoms with Crippen molar-refractivity contribution >= 4 is 27.6 Å². The van der Waals surface area contributed by atoms with Gasteiger partial charge in [0, 0.05) is 19.2 Å². The summed E-state index contributed by atoms with van der Waals surface area (Å²) in [4.78, 5) is 25.0. The van der Waals surface area contributed by atoms with Crippen molar-refractivity contribution in [2.24, 2.45) is 0 Å². The third-order valence-electron chi connectivity index (χ3n) is 3.37. The lowest BCUT2D eigenvalue weighted by molar-refractivity contribution is -0.140. The number of aromatic nitrogens is 2. The van der Waals surface area contributed by atoms with Crippen molar-refractivity contribution in [2.45, 2.75) is 30.6 Å². The summed E-state index contributed by atoms with van der Waals surface area (Å²) >= 11 is 3.18. The summed E-state index contributed by atoms with van der Waals surface area (Å²) in [7, 11) is 1.31. The largest absolute Gasteiger partial charge is 0.468 e. The number of alkyl halides is 1. The minimum Gasteiger partial charge on any atom is -0.468 e. The smallest absolute Gasteiger partial charge is 0.321 e. The van der Waals surface area contributed by atoms with Crippen LogP contribution in [-0.2, 0) is 16.1 Å². The van der Waals surface area contributed by atoms with Crippen LogP contribution in [0.15, 0.2) is 17.1 Å². The van der Waals surface area contributed by atoms with Crippen LogP contribution < -0.4 is 10.5 Å². The van der Waals surface area contributed by atoms with Gasteiger partial charge in [0.1, 0.15) is 4.83 Å². The first-order valence-electron chi connectivity index (χ1n) is 6.66. The summed E-state index contributed by atoms with van der Waals surface area (Å²) < 4.78 is 5.87. The van der Waals surface area contributed by atoms with Gasteiger partial charge in [-0.3, -0.25) is 9.59 Å². The van der Waals surface area contributed by atoms with Gasteiger partial charge in [-0.2, -0.15) is 5.10 Å². The van der Waals surface area contributed by atoms with E-state index >= 15 is 0 Å². The van der Waals surface area contributed by atoms with Crippen LogP contribution in [0.3, 0.4) is 0 Å². The number of esters is 1. The second kappa shape index (κ2) is 6.88. The number of halogens is 1. The highest BCUT2D eigenvalue weighted by molar-refractivity contribution is 9.10. The number of carbonyl (C=O) groups is 1. The van der Waals surface area contributed by atoms with Crippen LogP contribution in [0.25, 0.3) is 0 Å². The minimum absolute atomic E-state index is 0.159. The molecule has 1 unspecified atom stereocenters. The predicted molar refractivity (Wildman–Crippen MR) is 79.3 cm³/mol. The molecule has 0 spiro atoms. The van der Waals surface area contributed by atoms with Crippen LogP contribution in [0.1, 0.15) is 19.3 Å². The lowest BCUT2D eigenvalue weighted by atomic mass is 10.1. The molecule has 1 aliphatic rings. The Labute approximate surface area is 125 Å². The van der Waals surface area contributed by atoms with Crippen LogP contribution in [0.5, 0.6) is 0 Å². The first-order valence-corrected chi connectivity index (χ1v) is 7.57. The van der Waals surface area contributed by atoms with Gasteiger partial charge >= 0.3 is 5.97 Å². The molecule has 0 bridgehead atoms. The lowest BCUT2D eigenvalue weighted by Gasteiger charge is -2.28. The van der Waals surface area contributed by atoms with Crippen molar-refractivity contribution in [1.82, 2.24) is 9.78 Å². The molecule has 20 heavy (non-hydrogen) atoms. The second-order valence-electron chi connectivity index (χ2n) is 4.77. The first kappa shape index (κ1) is 15.0. The van der Waals surface area contributed by atoms with Gasteiger partial charge in [-0.1, -0.05) is 15.9 Å². The third kappa shape index (κ3) is 3.59. The van der Waals surface area contributed by atoms with E-state index in [0.29, 0.717) is 0 Å². The molecule has 1 atom stereocenters. The maximum absolute atomic E-state index is 12.0. The maximum atomic E-state index is 12.0. The molecule has 0 radical (unpaired) electrons. The van der Waals surface area contributed by atoms with Crippen LogP contribution in [0.4, 0.5) is 5.69 Å². The zero-order chi connectivity index (χ0) is 14.5. The van der Waals surface area contributed by atoms with Crippen molar-refractivity contribution in [3.05, 3.63) is 22.6 Å². The molecule has 2 rings (SSSR count). The molecule has 110 valence electrons. The first-order chi connectivity index (χ1) is 9.61. The van der Waals surface area contributed by atoms with Gasteiger partial charge in [0.2, 0.25) is 0 Å². The molecule has 0 aliphatic carbocycles. The predicted octanol–water partition coefficient (Wildman–Crippen LogP) is 1.17. The molecular weight excluding hydrogens is 326 g/mol. The summed E-state index contributed by atoms with van der Waals surface area (Å²) in [5.41, 5.74) is 0.650. The average molecular weight is 344 g/mol. The molecule has 1 saturated heterocycles. The Bertz CT molecular complexity index is 526. The molecule has 1 aromatic rings. The number of nitrogens with zero attached hydrogens (tertiary/aromatic N) is 3. The van der Waals surface area contributed by atoms with Crippen molar-refractivity contribution in [3.63, 3.8) is 0 Å². The summed E-state index contributed by atoms with van der Waals surface area (Å²) in [6, 6.07) is 1.58. The van der Waals surface area contributed by atoms with Crippen molar-refractivity contribution < 1.29 is 9.53 Å². The highest BCUT2D eigenvalue weighted by atomic mass is 79.9. The number of rotatable bonds is 4. The standard InChI is InChI=1S/C13H18BrN3O3/c1-20-13(19)11(14)9-17-12(18)7-10(8-15-17)16-5-3-2-4-6-16/h7-8,11H,2-6,9H2,1H3. The lowest BCUT2D eigenvalue weighted by Crippen LogP contribution is -2.34. The van der Waals surface area contributed by atoms with Gasteiger partial charge in [0.25, 0.3) is 5.56 Å². The summed E-state index contributed by atoms with van der Waals surface area (Å²) in [5.74, 6) is -0.418. The van der Waals surface area contributed by atoms with E-state index in [0.717, 1.165) is 31.6 Å². The van der Waals surface area contributed by atoms with E-state index < -0.39 is 10.8 Å². The van der Waals surface area contributed by atoms with Gasteiger partial charge < -0.3 is 9.64 Å². The quantitative estimate of drug-likeness (QED) is 0.606. The van der Waals surface area contributed by atoms with Crippen LogP contribution in [0, 0.1) is 0 Å². The molecule has 7 heteroatoms. The van der Waals surface area contributed by atoms with Crippen molar-refractivity contribution in [2.75, 3.05) is 25.1 Å². The Kier molecular flexibility index (Phi) is 5.17. The fourth-order valence-corrected chi connectivity index (χ4v) is 2.70. The van der Waals surface area contributed by atoms with Gasteiger partial charge in [-0.25, -0.2) is 4.68 Å². The highest BCUT2D eigenvalue weighted by Gasteiger charge is 2.18. The number of ether oxygens (including phenoxy) is 1. The fourth-order valence-electron chi connectivity index (χ4n) is 2.24. The summed E-state index contributed by atoms with van der Waals surface area (Å²) in [5, 5.41) is 4.13. The number of hydrogen-bond donors (Lipinski definition) is 0. The summed E-state index contributed by atoms with van der Waals surface area (Å²) in [6.07, 6.45) is 5.22.